The second kappa shape index (κ2) is 18.8. The zero-order valence-corrected chi connectivity index (χ0v) is 37.9. The highest BCUT2D eigenvalue weighted by Crippen LogP contribution is 2.49. The zero-order chi connectivity index (χ0) is 43.2. The molecule has 11 heteroatoms. The van der Waals surface area contributed by atoms with Crippen molar-refractivity contribution >= 4 is 47.3 Å². The molecule has 4 aromatic carbocycles. The van der Waals surface area contributed by atoms with Gasteiger partial charge in [0, 0.05) is 89.8 Å². The molecule has 6 rings (SSSR count). The molecule has 4 aromatic rings. The summed E-state index contributed by atoms with van der Waals surface area (Å²) in [5.74, 6) is 1.70. The van der Waals surface area contributed by atoms with E-state index >= 15 is 0 Å². The normalized spacial score (nSPS) is 16.4. The highest BCUT2D eigenvalue weighted by Gasteiger charge is 2.41. The zero-order valence-electron chi connectivity index (χ0n) is 35.7. The third-order valence-electron chi connectivity index (χ3n) is 10.8. The fraction of sp³-hybridized carbons (Fsp3) is 0.327. The maximum atomic E-state index is 11.8. The SMILES string of the molecule is CC(C)Oc1ccc(CCN2I=C(/C=C/C=C/C=C/C=C3/N(CCc4ccc(OC(C)C)cc4)c4ccc([N+](=O)[O-])cc4C3(C)C)C(C)(C)c3cc([N+](=O)[O-])ccc32)cc1. The number of ether oxygens (including phenoxy) is 2. The molecular formula is C49H55IN4O6. The van der Waals surface area contributed by atoms with Crippen molar-refractivity contribution in [3.63, 3.8) is 0 Å². The topological polar surface area (TPSA) is 111 Å². The number of halogens is 1. The van der Waals surface area contributed by atoms with Crippen LogP contribution in [0.25, 0.3) is 0 Å². The molecule has 2 aliphatic heterocycles. The summed E-state index contributed by atoms with van der Waals surface area (Å²) in [7, 11) is 0. The van der Waals surface area contributed by atoms with E-state index in [-0.39, 0.29) is 38.8 Å². The fourth-order valence-electron chi connectivity index (χ4n) is 7.62. The summed E-state index contributed by atoms with van der Waals surface area (Å²) in [6.07, 6.45) is 16.2. The van der Waals surface area contributed by atoms with Crippen LogP contribution in [0.1, 0.15) is 77.6 Å². The predicted octanol–water partition coefficient (Wildman–Crippen LogP) is 12.1. The lowest BCUT2D eigenvalue weighted by molar-refractivity contribution is -0.385. The molecule has 0 radical (unpaired) electrons. The maximum Gasteiger partial charge on any atom is 0.269 e. The number of nitro groups is 2. The number of nitro benzene ring substituents is 2. The molecule has 2 heterocycles. The third-order valence-corrected chi connectivity index (χ3v) is 14.6. The van der Waals surface area contributed by atoms with Crippen LogP contribution >= 0.6 is 21.0 Å². The van der Waals surface area contributed by atoms with Gasteiger partial charge < -0.3 is 17.5 Å². The molecule has 314 valence electrons. The van der Waals surface area contributed by atoms with Crippen molar-refractivity contribution in [3.05, 3.63) is 176 Å². The average Bonchev–Trinajstić information content (AvgIpc) is 3.41. The van der Waals surface area contributed by atoms with Gasteiger partial charge in [-0.2, -0.15) is 0 Å². The second-order valence-electron chi connectivity index (χ2n) is 16.6. The first kappa shape index (κ1) is 44.0. The molecule has 0 amide bonds. The number of anilines is 2. The van der Waals surface area contributed by atoms with Gasteiger partial charge >= 0.3 is 0 Å². The highest BCUT2D eigenvalue weighted by molar-refractivity contribution is 14.2. The smallest absolute Gasteiger partial charge is 0.269 e. The molecule has 10 nitrogen and oxygen atoms in total. The van der Waals surface area contributed by atoms with Crippen LogP contribution < -0.4 is 17.5 Å². The molecule has 0 saturated carbocycles. The highest BCUT2D eigenvalue weighted by atomic mass is 127. The number of fused-ring (bicyclic) bond motifs is 2. The average molecular weight is 923 g/mol. The van der Waals surface area contributed by atoms with Crippen LogP contribution in [0.2, 0.25) is 0 Å². The first-order chi connectivity index (χ1) is 28.5. The maximum absolute atomic E-state index is 11.8. The van der Waals surface area contributed by atoms with Crippen molar-refractivity contribution in [2.45, 2.75) is 91.3 Å². The largest absolute Gasteiger partial charge is 0.491 e. The summed E-state index contributed by atoms with van der Waals surface area (Å²) < 4.78 is 15.4. The number of non-ortho nitro benzene ring substituents is 2. The number of benzene rings is 4. The minimum absolute atomic E-state index is 0.0858. The number of nitrogens with zero attached hydrogens (tertiary/aromatic N) is 4. The van der Waals surface area contributed by atoms with Crippen LogP contribution in [0, 0.1) is 20.2 Å². The summed E-state index contributed by atoms with van der Waals surface area (Å²) in [5.41, 5.74) is 6.74. The van der Waals surface area contributed by atoms with Crippen LogP contribution in [0.4, 0.5) is 22.7 Å². The first-order valence-corrected chi connectivity index (χ1v) is 22.5. The Hall–Kier alpha value is -5.56. The lowest BCUT2D eigenvalue weighted by Gasteiger charge is -2.37. The second-order valence-corrected chi connectivity index (χ2v) is 19.4. The molecule has 2 aliphatic rings. The van der Waals surface area contributed by atoms with Crippen molar-refractivity contribution in [1.29, 1.82) is 0 Å². The molecule has 0 fully saturated rings. The first-order valence-electron chi connectivity index (χ1n) is 20.4. The van der Waals surface area contributed by atoms with E-state index in [4.69, 9.17) is 9.47 Å². The van der Waals surface area contributed by atoms with Gasteiger partial charge in [-0.3, -0.25) is 20.2 Å². The Morgan fingerprint density at radius 2 is 1.12 bits per heavy atom. The van der Waals surface area contributed by atoms with Gasteiger partial charge in [0.1, 0.15) is 11.5 Å². The summed E-state index contributed by atoms with van der Waals surface area (Å²) in [4.78, 5) is 25.2. The standard InChI is InChI=1S/C49H55IN4O6/c1-34(2)59-40-22-16-36(17-23-40)28-30-51-44-26-20-38(53(55)56)32-42(44)49(7,8)47(51)15-13-11-9-10-12-14-46-48(5,6)43-33-39(54(57)58)21-27-45(43)52(50-46)31-29-37-18-24-41(25-19-37)60-35(3)4/h9-27,32-35H,28-31H2,1-8H3/b10-9+,13-11+,14-12+,47-15+. The number of allylic oxidation sites excluding steroid dienone is 8. The van der Waals surface area contributed by atoms with Crippen molar-refractivity contribution in [3.8, 4) is 11.5 Å². The van der Waals surface area contributed by atoms with Crippen molar-refractivity contribution < 1.29 is 19.3 Å². The van der Waals surface area contributed by atoms with E-state index in [1.807, 2.05) is 88.4 Å². The Morgan fingerprint density at radius 3 is 1.65 bits per heavy atom. The monoisotopic (exact) mass is 922 g/mol. The number of hydrogen-bond acceptors (Lipinski definition) is 8. The minimum atomic E-state index is -0.594. The molecule has 0 atom stereocenters. The van der Waals surface area contributed by atoms with Gasteiger partial charge in [-0.1, -0.05) is 88.4 Å². The van der Waals surface area contributed by atoms with Gasteiger partial charge in [0.15, 0.2) is 0 Å². The van der Waals surface area contributed by atoms with Crippen LogP contribution in [0.3, 0.4) is 0 Å². The van der Waals surface area contributed by atoms with E-state index < -0.39 is 26.4 Å². The van der Waals surface area contributed by atoms with Crippen LogP contribution in [-0.4, -0.2) is 38.7 Å². The molecule has 0 aromatic heterocycles. The van der Waals surface area contributed by atoms with E-state index in [2.05, 4.69) is 78.2 Å². The van der Waals surface area contributed by atoms with Gasteiger partial charge in [0.05, 0.1) is 22.1 Å². The molecular weight excluding hydrogens is 867 g/mol. The predicted molar refractivity (Wildman–Crippen MR) is 253 cm³/mol. The molecule has 0 saturated heterocycles. The fourth-order valence-corrected chi connectivity index (χ4v) is 10.7. The van der Waals surface area contributed by atoms with Crippen LogP contribution in [0.15, 0.2) is 133 Å². The van der Waals surface area contributed by atoms with Crippen molar-refractivity contribution in [2.24, 2.45) is 0 Å². The molecule has 0 bridgehead atoms. The number of rotatable bonds is 16. The van der Waals surface area contributed by atoms with Gasteiger partial charge in [-0.05, 0) is 105 Å². The van der Waals surface area contributed by atoms with E-state index in [1.165, 1.54) is 14.6 Å². The lowest BCUT2D eigenvalue weighted by Crippen LogP contribution is -2.34. The van der Waals surface area contributed by atoms with Gasteiger partial charge in [-0.15, -0.1) is 0 Å². The van der Waals surface area contributed by atoms with Gasteiger partial charge in [0.2, 0.25) is 0 Å². The third kappa shape index (κ3) is 10.2. The Bertz CT molecular complexity index is 2360. The quantitative estimate of drug-likeness (QED) is 0.0359. The minimum Gasteiger partial charge on any atom is -0.491 e. The summed E-state index contributed by atoms with van der Waals surface area (Å²) in [6.45, 7) is 18.1. The Balaban J connectivity index is 1.20. The van der Waals surface area contributed by atoms with E-state index in [9.17, 15) is 20.2 Å². The Kier molecular flexibility index (Phi) is 13.8. The van der Waals surface area contributed by atoms with E-state index in [1.54, 1.807) is 24.3 Å². The summed E-state index contributed by atoms with van der Waals surface area (Å²) in [5, 5.41) is 23.6. The Morgan fingerprint density at radius 1 is 0.633 bits per heavy atom. The van der Waals surface area contributed by atoms with E-state index in [0.29, 0.717) is 6.54 Å². The Labute approximate surface area is 364 Å². The van der Waals surface area contributed by atoms with E-state index in [0.717, 1.165) is 59.1 Å². The number of hydrogen-bond donors (Lipinski definition) is 0. The van der Waals surface area contributed by atoms with Crippen LogP contribution in [-0.2, 0) is 23.7 Å². The van der Waals surface area contributed by atoms with Gasteiger partial charge in [0.25, 0.3) is 11.4 Å². The van der Waals surface area contributed by atoms with Gasteiger partial charge in [-0.25, -0.2) is 0 Å². The summed E-state index contributed by atoms with van der Waals surface area (Å²) >= 11 is -0.594. The molecule has 0 N–H and O–H groups in total. The van der Waals surface area contributed by atoms with Crippen LogP contribution in [0.5, 0.6) is 11.5 Å². The molecule has 0 aliphatic carbocycles. The summed E-state index contributed by atoms with van der Waals surface area (Å²) in [6, 6.07) is 26.9. The molecule has 0 spiro atoms. The van der Waals surface area contributed by atoms with Crippen molar-refractivity contribution in [2.75, 3.05) is 21.1 Å². The van der Waals surface area contributed by atoms with Crippen molar-refractivity contribution in [1.82, 2.24) is 0 Å². The lowest BCUT2D eigenvalue weighted by atomic mass is 9.80. The molecule has 60 heavy (non-hydrogen) atoms. The molecule has 0 unspecified atom stereocenters.